The molecule has 0 amide bonds. The first-order valence-corrected chi connectivity index (χ1v) is 10.4. The SMILES string of the molecule is Cc1cnc(Nc2ccc3ncccc3c2)nc1Nc1ccc(N2CCOCC2)cc1. The van der Waals surface area contributed by atoms with E-state index >= 15 is 0 Å². The molecule has 0 spiro atoms. The minimum absolute atomic E-state index is 0.543. The summed E-state index contributed by atoms with van der Waals surface area (Å²) < 4.78 is 5.43. The van der Waals surface area contributed by atoms with E-state index in [1.807, 2.05) is 43.5 Å². The molecule has 3 heterocycles. The van der Waals surface area contributed by atoms with Gasteiger partial charge in [0.2, 0.25) is 5.95 Å². The second kappa shape index (κ2) is 8.57. The van der Waals surface area contributed by atoms with Crippen molar-refractivity contribution in [2.45, 2.75) is 6.92 Å². The van der Waals surface area contributed by atoms with E-state index in [1.54, 1.807) is 6.20 Å². The van der Waals surface area contributed by atoms with Gasteiger partial charge < -0.3 is 20.3 Å². The number of nitrogens with zero attached hydrogens (tertiary/aromatic N) is 4. The van der Waals surface area contributed by atoms with Gasteiger partial charge in [-0.25, -0.2) is 4.98 Å². The summed E-state index contributed by atoms with van der Waals surface area (Å²) in [5.74, 6) is 1.32. The molecule has 0 radical (unpaired) electrons. The van der Waals surface area contributed by atoms with Crippen LogP contribution in [-0.2, 0) is 4.74 Å². The summed E-state index contributed by atoms with van der Waals surface area (Å²) in [4.78, 5) is 15.8. The predicted octanol–water partition coefficient (Wildman–Crippen LogP) is 4.66. The molecule has 0 atom stereocenters. The predicted molar refractivity (Wildman–Crippen MR) is 125 cm³/mol. The van der Waals surface area contributed by atoms with Crippen molar-refractivity contribution in [3.05, 3.63) is 72.6 Å². The second-order valence-corrected chi connectivity index (χ2v) is 7.53. The Kier molecular flexibility index (Phi) is 5.33. The fourth-order valence-corrected chi connectivity index (χ4v) is 3.63. The minimum Gasteiger partial charge on any atom is -0.378 e. The van der Waals surface area contributed by atoms with Gasteiger partial charge in [0, 0.05) is 53.5 Å². The summed E-state index contributed by atoms with van der Waals surface area (Å²) in [5.41, 5.74) is 5.05. The third kappa shape index (κ3) is 4.41. The van der Waals surface area contributed by atoms with Gasteiger partial charge in [-0.15, -0.1) is 0 Å². The molecule has 1 saturated heterocycles. The van der Waals surface area contributed by atoms with E-state index in [1.165, 1.54) is 5.69 Å². The van der Waals surface area contributed by atoms with Crippen LogP contribution in [0.4, 0.5) is 28.8 Å². The quantitative estimate of drug-likeness (QED) is 0.494. The number of hydrogen-bond acceptors (Lipinski definition) is 7. The summed E-state index contributed by atoms with van der Waals surface area (Å²) in [5, 5.41) is 7.77. The largest absolute Gasteiger partial charge is 0.378 e. The number of anilines is 5. The summed E-state index contributed by atoms with van der Waals surface area (Å²) in [6.07, 6.45) is 3.62. The molecule has 0 aliphatic carbocycles. The van der Waals surface area contributed by atoms with Crippen molar-refractivity contribution in [1.82, 2.24) is 15.0 Å². The zero-order valence-corrected chi connectivity index (χ0v) is 17.4. The Bertz CT molecular complexity index is 1190. The van der Waals surface area contributed by atoms with E-state index < -0.39 is 0 Å². The molecule has 0 bridgehead atoms. The number of ether oxygens (including phenoxy) is 1. The number of benzene rings is 2. The van der Waals surface area contributed by atoms with Crippen LogP contribution in [0.15, 0.2) is 67.0 Å². The van der Waals surface area contributed by atoms with Gasteiger partial charge in [0.05, 0.1) is 18.7 Å². The normalized spacial score (nSPS) is 13.9. The molecular formula is C24H24N6O. The van der Waals surface area contributed by atoms with Crippen LogP contribution in [-0.4, -0.2) is 41.3 Å². The molecule has 0 unspecified atom stereocenters. The molecule has 1 aliphatic heterocycles. The van der Waals surface area contributed by atoms with E-state index in [0.29, 0.717) is 5.95 Å². The highest BCUT2D eigenvalue weighted by Gasteiger charge is 2.11. The highest BCUT2D eigenvalue weighted by molar-refractivity contribution is 5.82. The maximum atomic E-state index is 5.43. The van der Waals surface area contributed by atoms with E-state index in [4.69, 9.17) is 4.74 Å². The Balaban J connectivity index is 1.32. The molecule has 5 rings (SSSR count). The average Bonchev–Trinajstić information content (AvgIpc) is 2.82. The fraction of sp³-hybridized carbons (Fsp3) is 0.208. The Hall–Kier alpha value is -3.71. The number of morpholine rings is 1. The van der Waals surface area contributed by atoms with Crippen LogP contribution in [0, 0.1) is 6.92 Å². The molecule has 7 nitrogen and oxygen atoms in total. The molecule has 4 aromatic rings. The van der Waals surface area contributed by atoms with Crippen LogP contribution < -0.4 is 15.5 Å². The lowest BCUT2D eigenvalue weighted by Gasteiger charge is -2.28. The molecule has 0 saturated carbocycles. The molecule has 2 N–H and O–H groups in total. The van der Waals surface area contributed by atoms with Crippen LogP contribution in [0.2, 0.25) is 0 Å². The lowest BCUT2D eigenvalue weighted by Crippen LogP contribution is -2.36. The van der Waals surface area contributed by atoms with Crippen LogP contribution in [0.3, 0.4) is 0 Å². The lowest BCUT2D eigenvalue weighted by atomic mass is 10.2. The molecule has 7 heteroatoms. The number of hydrogen-bond donors (Lipinski definition) is 2. The maximum absolute atomic E-state index is 5.43. The van der Waals surface area contributed by atoms with Crippen LogP contribution in [0.1, 0.15) is 5.56 Å². The highest BCUT2D eigenvalue weighted by atomic mass is 16.5. The molecule has 2 aromatic heterocycles. The van der Waals surface area contributed by atoms with Gasteiger partial charge in [0.25, 0.3) is 0 Å². The number of fused-ring (bicyclic) bond motifs is 1. The van der Waals surface area contributed by atoms with Crippen LogP contribution in [0.25, 0.3) is 10.9 Å². The molecule has 1 aliphatic rings. The number of rotatable bonds is 5. The first kappa shape index (κ1) is 19.3. The molecule has 2 aromatic carbocycles. The van der Waals surface area contributed by atoms with E-state index in [9.17, 15) is 0 Å². The second-order valence-electron chi connectivity index (χ2n) is 7.53. The molecule has 31 heavy (non-hydrogen) atoms. The van der Waals surface area contributed by atoms with E-state index in [-0.39, 0.29) is 0 Å². The first-order chi connectivity index (χ1) is 15.2. The topological polar surface area (TPSA) is 75.2 Å². The zero-order chi connectivity index (χ0) is 21.0. The van der Waals surface area contributed by atoms with Crippen molar-refractivity contribution in [3.8, 4) is 0 Å². The molecule has 1 fully saturated rings. The van der Waals surface area contributed by atoms with Crippen molar-refractivity contribution >= 4 is 39.7 Å². The van der Waals surface area contributed by atoms with Crippen LogP contribution >= 0.6 is 0 Å². The summed E-state index contributed by atoms with van der Waals surface area (Å²) in [6.45, 7) is 5.42. The van der Waals surface area contributed by atoms with Gasteiger partial charge >= 0.3 is 0 Å². The van der Waals surface area contributed by atoms with Crippen molar-refractivity contribution in [1.29, 1.82) is 0 Å². The van der Waals surface area contributed by atoms with Crippen molar-refractivity contribution in [2.75, 3.05) is 41.8 Å². The van der Waals surface area contributed by atoms with Gasteiger partial charge in [-0.1, -0.05) is 6.07 Å². The molecule has 156 valence electrons. The first-order valence-electron chi connectivity index (χ1n) is 10.4. The van der Waals surface area contributed by atoms with Gasteiger partial charge in [-0.2, -0.15) is 4.98 Å². The Morgan fingerprint density at radius 1 is 0.903 bits per heavy atom. The average molecular weight is 412 g/mol. The standard InChI is InChI=1S/C24H24N6O/c1-17-16-26-24(28-20-6-9-22-18(15-20)3-2-10-25-22)29-23(17)27-19-4-7-21(8-5-19)30-11-13-31-14-12-30/h2-10,15-16H,11-14H2,1H3,(H2,26,27,28,29). The number of nitrogens with one attached hydrogen (secondary N) is 2. The van der Waals surface area contributed by atoms with Crippen molar-refractivity contribution in [2.24, 2.45) is 0 Å². The van der Waals surface area contributed by atoms with E-state index in [2.05, 4.69) is 54.8 Å². The monoisotopic (exact) mass is 412 g/mol. The third-order valence-electron chi connectivity index (χ3n) is 5.34. The Morgan fingerprint density at radius 2 is 1.71 bits per heavy atom. The maximum Gasteiger partial charge on any atom is 0.229 e. The Morgan fingerprint density at radius 3 is 2.55 bits per heavy atom. The molecular weight excluding hydrogens is 388 g/mol. The summed E-state index contributed by atoms with van der Waals surface area (Å²) >= 11 is 0. The zero-order valence-electron chi connectivity index (χ0n) is 17.4. The number of pyridine rings is 1. The smallest absolute Gasteiger partial charge is 0.229 e. The van der Waals surface area contributed by atoms with Crippen LogP contribution in [0.5, 0.6) is 0 Å². The van der Waals surface area contributed by atoms with Crippen molar-refractivity contribution < 1.29 is 4.74 Å². The number of aryl methyl sites for hydroxylation is 1. The lowest BCUT2D eigenvalue weighted by molar-refractivity contribution is 0.122. The van der Waals surface area contributed by atoms with Gasteiger partial charge in [-0.3, -0.25) is 4.98 Å². The number of aromatic nitrogens is 3. The summed E-state index contributed by atoms with van der Waals surface area (Å²) in [7, 11) is 0. The van der Waals surface area contributed by atoms with Gasteiger partial charge in [0.15, 0.2) is 0 Å². The van der Waals surface area contributed by atoms with Gasteiger partial charge in [0.1, 0.15) is 5.82 Å². The van der Waals surface area contributed by atoms with E-state index in [0.717, 1.165) is 60.0 Å². The van der Waals surface area contributed by atoms with Crippen molar-refractivity contribution in [3.63, 3.8) is 0 Å². The van der Waals surface area contributed by atoms with Gasteiger partial charge in [-0.05, 0) is 55.5 Å². The Labute approximate surface area is 181 Å². The summed E-state index contributed by atoms with van der Waals surface area (Å²) in [6, 6.07) is 18.4. The fourth-order valence-electron chi connectivity index (χ4n) is 3.63. The minimum atomic E-state index is 0.543. The third-order valence-corrected chi connectivity index (χ3v) is 5.34. The highest BCUT2D eigenvalue weighted by Crippen LogP contribution is 2.25.